The molecule has 1 N–H and O–H groups in total. The van der Waals surface area contributed by atoms with Gasteiger partial charge in [0, 0.05) is 19.6 Å². The number of benzene rings is 1. The summed E-state index contributed by atoms with van der Waals surface area (Å²) in [7, 11) is 0. The van der Waals surface area contributed by atoms with E-state index >= 15 is 0 Å². The number of hydrogen-bond donors (Lipinski definition) is 1. The Labute approximate surface area is 115 Å². The zero-order valence-electron chi connectivity index (χ0n) is 11.4. The van der Waals surface area contributed by atoms with Crippen molar-refractivity contribution in [2.75, 3.05) is 26.2 Å². The maximum absolute atomic E-state index is 9.16. The second kappa shape index (κ2) is 5.32. The zero-order valence-corrected chi connectivity index (χ0v) is 11.4. The highest BCUT2D eigenvalue weighted by molar-refractivity contribution is 5.37. The SMILES string of the molecule is N#Cc1ccccc1CN1CCC2(CCCNC2)C1. The van der Waals surface area contributed by atoms with Gasteiger partial charge in [0.25, 0.3) is 0 Å². The van der Waals surface area contributed by atoms with Crippen LogP contribution in [0.4, 0.5) is 0 Å². The first-order valence-electron chi connectivity index (χ1n) is 7.22. The fraction of sp³-hybridized carbons (Fsp3) is 0.562. The van der Waals surface area contributed by atoms with E-state index < -0.39 is 0 Å². The molecule has 0 radical (unpaired) electrons. The van der Waals surface area contributed by atoms with E-state index in [1.54, 1.807) is 0 Å². The third-order valence-corrected chi connectivity index (χ3v) is 4.61. The first-order chi connectivity index (χ1) is 9.31. The predicted octanol–water partition coefficient (Wildman–Crippen LogP) is 2.13. The van der Waals surface area contributed by atoms with Gasteiger partial charge in [0.05, 0.1) is 11.6 Å². The Bertz CT molecular complexity index is 483. The Morgan fingerprint density at radius 2 is 2.21 bits per heavy atom. The van der Waals surface area contributed by atoms with E-state index in [9.17, 15) is 0 Å². The molecule has 3 heteroatoms. The Hall–Kier alpha value is -1.37. The molecule has 0 aliphatic carbocycles. The molecule has 0 bridgehead atoms. The van der Waals surface area contributed by atoms with Gasteiger partial charge in [-0.2, -0.15) is 5.26 Å². The third-order valence-electron chi connectivity index (χ3n) is 4.61. The zero-order chi connectivity index (χ0) is 13.1. The molecule has 100 valence electrons. The molecule has 1 aromatic rings. The summed E-state index contributed by atoms with van der Waals surface area (Å²) in [5, 5.41) is 12.7. The molecule has 0 saturated carbocycles. The molecule has 1 atom stereocenters. The Morgan fingerprint density at radius 1 is 1.32 bits per heavy atom. The van der Waals surface area contributed by atoms with Crippen molar-refractivity contribution in [3.05, 3.63) is 35.4 Å². The van der Waals surface area contributed by atoms with Crippen molar-refractivity contribution in [3.63, 3.8) is 0 Å². The van der Waals surface area contributed by atoms with Gasteiger partial charge in [-0.05, 0) is 49.4 Å². The van der Waals surface area contributed by atoms with Gasteiger partial charge in [-0.3, -0.25) is 4.90 Å². The van der Waals surface area contributed by atoms with E-state index in [0.29, 0.717) is 5.41 Å². The molecule has 2 saturated heterocycles. The van der Waals surface area contributed by atoms with Crippen LogP contribution in [0.1, 0.15) is 30.4 Å². The van der Waals surface area contributed by atoms with Gasteiger partial charge in [0.15, 0.2) is 0 Å². The molecule has 2 heterocycles. The summed E-state index contributed by atoms with van der Waals surface area (Å²) in [5.74, 6) is 0. The van der Waals surface area contributed by atoms with Crippen LogP contribution in [0.25, 0.3) is 0 Å². The summed E-state index contributed by atoms with van der Waals surface area (Å²) in [6, 6.07) is 10.3. The summed E-state index contributed by atoms with van der Waals surface area (Å²) < 4.78 is 0. The van der Waals surface area contributed by atoms with Crippen LogP contribution in [-0.2, 0) is 6.54 Å². The topological polar surface area (TPSA) is 39.1 Å². The van der Waals surface area contributed by atoms with Gasteiger partial charge in [0.1, 0.15) is 0 Å². The first kappa shape index (κ1) is 12.7. The highest BCUT2D eigenvalue weighted by Gasteiger charge is 2.38. The fourth-order valence-electron chi connectivity index (χ4n) is 3.55. The Morgan fingerprint density at radius 3 is 3.00 bits per heavy atom. The van der Waals surface area contributed by atoms with Crippen LogP contribution in [0.5, 0.6) is 0 Å². The number of nitrogens with one attached hydrogen (secondary N) is 1. The quantitative estimate of drug-likeness (QED) is 0.880. The first-order valence-corrected chi connectivity index (χ1v) is 7.22. The largest absolute Gasteiger partial charge is 0.316 e. The number of rotatable bonds is 2. The molecule has 2 aliphatic heterocycles. The molecular formula is C16H21N3. The summed E-state index contributed by atoms with van der Waals surface area (Å²) in [4.78, 5) is 2.52. The second-order valence-electron chi connectivity index (χ2n) is 6.01. The van der Waals surface area contributed by atoms with Crippen molar-refractivity contribution in [1.82, 2.24) is 10.2 Å². The van der Waals surface area contributed by atoms with Gasteiger partial charge in [-0.15, -0.1) is 0 Å². The minimum atomic E-state index is 0.500. The van der Waals surface area contributed by atoms with Crippen LogP contribution in [-0.4, -0.2) is 31.1 Å². The molecule has 1 aromatic carbocycles. The van der Waals surface area contributed by atoms with Crippen molar-refractivity contribution in [3.8, 4) is 6.07 Å². The van der Waals surface area contributed by atoms with Gasteiger partial charge >= 0.3 is 0 Å². The van der Waals surface area contributed by atoms with Crippen molar-refractivity contribution >= 4 is 0 Å². The Kier molecular flexibility index (Phi) is 3.54. The third kappa shape index (κ3) is 2.65. The molecule has 2 aliphatic rings. The molecule has 3 rings (SSSR count). The predicted molar refractivity (Wildman–Crippen MR) is 75.6 cm³/mol. The van der Waals surface area contributed by atoms with E-state index in [2.05, 4.69) is 22.4 Å². The lowest BCUT2D eigenvalue weighted by atomic mass is 9.80. The number of likely N-dealkylation sites (tertiary alicyclic amines) is 1. The van der Waals surface area contributed by atoms with Crippen molar-refractivity contribution in [2.45, 2.75) is 25.8 Å². The van der Waals surface area contributed by atoms with Gasteiger partial charge < -0.3 is 5.32 Å². The average Bonchev–Trinajstić information content (AvgIpc) is 2.83. The number of nitrogens with zero attached hydrogens (tertiary/aromatic N) is 2. The highest BCUT2D eigenvalue weighted by atomic mass is 15.2. The average molecular weight is 255 g/mol. The van der Waals surface area contributed by atoms with Crippen LogP contribution < -0.4 is 5.32 Å². The monoisotopic (exact) mass is 255 g/mol. The van der Waals surface area contributed by atoms with E-state index in [4.69, 9.17) is 5.26 Å². The Balaban J connectivity index is 1.67. The maximum Gasteiger partial charge on any atom is 0.0995 e. The summed E-state index contributed by atoms with van der Waals surface area (Å²) in [5.41, 5.74) is 2.50. The molecule has 0 amide bonds. The van der Waals surface area contributed by atoms with Gasteiger partial charge in [-0.25, -0.2) is 0 Å². The fourth-order valence-corrected chi connectivity index (χ4v) is 3.55. The molecule has 0 aromatic heterocycles. The van der Waals surface area contributed by atoms with E-state index in [0.717, 1.165) is 12.1 Å². The van der Waals surface area contributed by atoms with E-state index in [1.807, 2.05) is 18.2 Å². The lowest BCUT2D eigenvalue weighted by Gasteiger charge is -2.34. The molecule has 3 nitrogen and oxygen atoms in total. The molecule has 1 spiro atoms. The normalized spacial score (nSPS) is 27.5. The van der Waals surface area contributed by atoms with Crippen LogP contribution >= 0.6 is 0 Å². The highest BCUT2D eigenvalue weighted by Crippen LogP contribution is 2.37. The smallest absolute Gasteiger partial charge is 0.0995 e. The van der Waals surface area contributed by atoms with Crippen molar-refractivity contribution in [2.24, 2.45) is 5.41 Å². The number of hydrogen-bond acceptors (Lipinski definition) is 3. The van der Waals surface area contributed by atoms with E-state index in [-0.39, 0.29) is 0 Å². The number of piperidine rings is 1. The van der Waals surface area contributed by atoms with Crippen LogP contribution in [0.2, 0.25) is 0 Å². The van der Waals surface area contributed by atoms with Crippen LogP contribution in [0, 0.1) is 16.7 Å². The summed E-state index contributed by atoms with van der Waals surface area (Å²) in [6.45, 7) is 5.62. The maximum atomic E-state index is 9.16. The van der Waals surface area contributed by atoms with Gasteiger partial charge in [-0.1, -0.05) is 18.2 Å². The van der Waals surface area contributed by atoms with Crippen molar-refractivity contribution in [1.29, 1.82) is 5.26 Å². The minimum Gasteiger partial charge on any atom is -0.316 e. The minimum absolute atomic E-state index is 0.500. The molecule has 19 heavy (non-hydrogen) atoms. The lowest BCUT2D eigenvalue weighted by molar-refractivity contribution is 0.199. The summed E-state index contributed by atoms with van der Waals surface area (Å²) in [6.07, 6.45) is 3.97. The molecular weight excluding hydrogens is 234 g/mol. The van der Waals surface area contributed by atoms with Crippen molar-refractivity contribution < 1.29 is 0 Å². The lowest BCUT2D eigenvalue weighted by Crippen LogP contribution is -2.41. The summed E-state index contributed by atoms with van der Waals surface area (Å²) >= 11 is 0. The van der Waals surface area contributed by atoms with E-state index in [1.165, 1.54) is 51.0 Å². The number of nitriles is 1. The standard InChI is InChI=1S/C16H21N3/c17-10-14-4-1-2-5-15(14)11-19-9-7-16(13-19)6-3-8-18-12-16/h1-2,4-5,18H,3,6-9,11-13H2. The second-order valence-corrected chi connectivity index (χ2v) is 6.01. The van der Waals surface area contributed by atoms with Crippen LogP contribution in [0.3, 0.4) is 0 Å². The molecule has 2 fully saturated rings. The molecule has 1 unspecified atom stereocenters. The van der Waals surface area contributed by atoms with Gasteiger partial charge in [0.2, 0.25) is 0 Å². The van der Waals surface area contributed by atoms with Crippen LogP contribution in [0.15, 0.2) is 24.3 Å².